The smallest absolute Gasteiger partial charge is 0.292 e. The maximum Gasteiger partial charge on any atom is 0.292 e. The van der Waals surface area contributed by atoms with E-state index in [2.05, 4.69) is 10.00 Å². The molecular weight excluding hydrogens is 436 g/mol. The number of hydrogen-bond donors (Lipinski definition) is 0. The third kappa shape index (κ3) is 3.43. The number of nitrogens with zero attached hydrogens (tertiary/aromatic N) is 4. The molecule has 3 heterocycles. The molecule has 34 heavy (non-hydrogen) atoms. The average molecular weight is 465 g/mol. The predicted molar refractivity (Wildman–Crippen MR) is 129 cm³/mol. The molecule has 178 valence electrons. The van der Waals surface area contributed by atoms with Crippen LogP contribution in [-0.2, 0) is 26.7 Å². The van der Waals surface area contributed by atoms with Crippen LogP contribution in [0, 0.1) is 0 Å². The Hall–Kier alpha value is -3.72. The van der Waals surface area contributed by atoms with Crippen molar-refractivity contribution in [1.82, 2.24) is 19.2 Å². The molecule has 0 atom stereocenters. The van der Waals surface area contributed by atoms with Crippen molar-refractivity contribution in [2.75, 3.05) is 35.0 Å². The first-order valence-corrected chi connectivity index (χ1v) is 11.0. The molecule has 9 nitrogen and oxygen atoms in total. The molecule has 5 rings (SSSR count). The van der Waals surface area contributed by atoms with Crippen LogP contribution < -0.4 is 24.5 Å². The number of hydrogen-bond acceptors (Lipinski definition) is 7. The zero-order chi connectivity index (χ0) is 24.0. The van der Waals surface area contributed by atoms with Crippen LogP contribution in [0.1, 0.15) is 11.1 Å². The Kier molecular flexibility index (Phi) is 5.57. The van der Waals surface area contributed by atoms with Gasteiger partial charge in [0, 0.05) is 37.0 Å². The van der Waals surface area contributed by atoms with Gasteiger partial charge in [0.15, 0.2) is 23.0 Å². The standard InChI is InChI=1S/C25H28N4O5/c1-27-19-11-23(34-5)22(33-4)10-17(19)18-12-26-29(25(30)24(18)27)14-28-7-6-15-8-20(31-2)21(32-3)9-16(15)13-28/h8-12H,6-7,13-14H2,1-5H3. The van der Waals surface area contributed by atoms with Crippen molar-refractivity contribution < 1.29 is 18.9 Å². The van der Waals surface area contributed by atoms with Gasteiger partial charge in [0.05, 0.1) is 46.8 Å². The van der Waals surface area contributed by atoms with Gasteiger partial charge >= 0.3 is 0 Å². The van der Waals surface area contributed by atoms with Crippen molar-refractivity contribution in [3.8, 4) is 23.0 Å². The SMILES string of the molecule is COc1cc2c(cc1OC)CN(Cn1ncc3c4cc(OC)c(OC)cc4n(C)c3c1=O)CC2. The van der Waals surface area contributed by atoms with Gasteiger partial charge in [-0.15, -0.1) is 0 Å². The number of ether oxygens (including phenoxy) is 4. The van der Waals surface area contributed by atoms with Crippen molar-refractivity contribution in [3.05, 3.63) is 51.9 Å². The number of aryl methyl sites for hydroxylation is 1. The predicted octanol–water partition coefficient (Wildman–Crippen LogP) is 2.94. The lowest BCUT2D eigenvalue weighted by Gasteiger charge is -2.29. The molecule has 9 heteroatoms. The molecule has 2 aromatic carbocycles. The highest BCUT2D eigenvalue weighted by molar-refractivity contribution is 6.08. The van der Waals surface area contributed by atoms with Gasteiger partial charge in [-0.3, -0.25) is 9.69 Å². The van der Waals surface area contributed by atoms with Gasteiger partial charge in [-0.25, -0.2) is 4.68 Å². The first kappa shape index (κ1) is 22.1. The lowest BCUT2D eigenvalue weighted by Crippen LogP contribution is -2.37. The Balaban J connectivity index is 1.51. The number of methoxy groups -OCH3 is 4. The van der Waals surface area contributed by atoms with Crippen LogP contribution in [-0.4, -0.2) is 54.2 Å². The number of aromatic nitrogens is 3. The van der Waals surface area contributed by atoms with E-state index in [1.54, 1.807) is 34.6 Å². The van der Waals surface area contributed by atoms with Crippen molar-refractivity contribution in [2.24, 2.45) is 7.05 Å². The van der Waals surface area contributed by atoms with Gasteiger partial charge < -0.3 is 23.5 Å². The van der Waals surface area contributed by atoms with Crippen molar-refractivity contribution in [1.29, 1.82) is 0 Å². The minimum absolute atomic E-state index is 0.132. The summed E-state index contributed by atoms with van der Waals surface area (Å²) in [7, 11) is 8.37. The molecule has 0 bridgehead atoms. The number of benzene rings is 2. The fourth-order valence-electron chi connectivity index (χ4n) is 4.83. The normalized spacial score (nSPS) is 13.8. The highest BCUT2D eigenvalue weighted by Gasteiger charge is 2.22. The van der Waals surface area contributed by atoms with Crippen molar-refractivity contribution in [3.63, 3.8) is 0 Å². The molecule has 0 unspecified atom stereocenters. The van der Waals surface area contributed by atoms with Gasteiger partial charge in [0.1, 0.15) is 5.52 Å². The van der Waals surface area contributed by atoms with E-state index in [9.17, 15) is 4.79 Å². The quantitative estimate of drug-likeness (QED) is 0.434. The summed E-state index contributed by atoms with van der Waals surface area (Å²) in [5, 5.41) is 6.21. The summed E-state index contributed by atoms with van der Waals surface area (Å²) in [6.07, 6.45) is 2.62. The number of rotatable bonds is 6. The molecule has 0 fully saturated rings. The molecule has 4 aromatic rings. The molecule has 0 saturated heterocycles. The first-order valence-electron chi connectivity index (χ1n) is 11.0. The van der Waals surface area contributed by atoms with Gasteiger partial charge in [0.2, 0.25) is 0 Å². The fourth-order valence-corrected chi connectivity index (χ4v) is 4.83. The summed E-state index contributed by atoms with van der Waals surface area (Å²) in [4.78, 5) is 15.7. The molecule has 0 radical (unpaired) electrons. The zero-order valence-corrected chi connectivity index (χ0v) is 20.0. The molecule has 0 amide bonds. The first-order chi connectivity index (χ1) is 16.5. The topological polar surface area (TPSA) is 80.0 Å². The molecule has 2 aromatic heterocycles. The van der Waals surface area contributed by atoms with E-state index < -0.39 is 0 Å². The summed E-state index contributed by atoms with van der Waals surface area (Å²) < 4.78 is 25.2. The van der Waals surface area contributed by atoms with Crippen LogP contribution in [0.25, 0.3) is 21.8 Å². The highest BCUT2D eigenvalue weighted by Crippen LogP contribution is 2.36. The molecular formula is C25H28N4O5. The summed E-state index contributed by atoms with van der Waals surface area (Å²) in [6.45, 7) is 1.92. The van der Waals surface area contributed by atoms with Gasteiger partial charge in [-0.05, 0) is 35.7 Å². The molecule has 0 saturated carbocycles. The van der Waals surface area contributed by atoms with Crippen molar-refractivity contribution >= 4 is 21.8 Å². The summed E-state index contributed by atoms with van der Waals surface area (Å²) in [5.74, 6) is 2.68. The second-order valence-corrected chi connectivity index (χ2v) is 8.41. The number of fused-ring (bicyclic) bond motifs is 4. The monoisotopic (exact) mass is 464 g/mol. The molecule has 0 N–H and O–H groups in total. The minimum Gasteiger partial charge on any atom is -0.493 e. The Labute approximate surface area is 197 Å². The van der Waals surface area contributed by atoms with E-state index in [1.807, 2.05) is 35.9 Å². The molecule has 0 spiro atoms. The Bertz CT molecular complexity index is 1460. The van der Waals surface area contributed by atoms with Crippen LogP contribution in [0.3, 0.4) is 0 Å². The highest BCUT2D eigenvalue weighted by atomic mass is 16.5. The van der Waals surface area contributed by atoms with E-state index in [1.165, 1.54) is 15.8 Å². The van der Waals surface area contributed by atoms with E-state index in [4.69, 9.17) is 18.9 Å². The average Bonchev–Trinajstić information content (AvgIpc) is 3.15. The van der Waals surface area contributed by atoms with Crippen LogP contribution >= 0.6 is 0 Å². The van der Waals surface area contributed by atoms with Gasteiger partial charge in [0.25, 0.3) is 5.56 Å². The molecule has 0 aliphatic carbocycles. The lowest BCUT2D eigenvalue weighted by molar-refractivity contribution is 0.185. The summed E-state index contributed by atoms with van der Waals surface area (Å²) in [6, 6.07) is 7.84. The second kappa shape index (κ2) is 8.57. The van der Waals surface area contributed by atoms with Crippen LogP contribution in [0.2, 0.25) is 0 Å². The van der Waals surface area contributed by atoms with E-state index in [-0.39, 0.29) is 5.56 Å². The van der Waals surface area contributed by atoms with E-state index in [0.717, 1.165) is 35.0 Å². The van der Waals surface area contributed by atoms with Gasteiger partial charge in [-0.1, -0.05) is 0 Å². The van der Waals surface area contributed by atoms with Gasteiger partial charge in [-0.2, -0.15) is 5.10 Å². The lowest BCUT2D eigenvalue weighted by atomic mass is 9.99. The summed E-state index contributed by atoms with van der Waals surface area (Å²) in [5.41, 5.74) is 3.76. The summed E-state index contributed by atoms with van der Waals surface area (Å²) >= 11 is 0. The maximum atomic E-state index is 13.5. The maximum absolute atomic E-state index is 13.5. The van der Waals surface area contributed by atoms with E-state index in [0.29, 0.717) is 36.0 Å². The Morgan fingerprint density at radius 1 is 0.853 bits per heavy atom. The Morgan fingerprint density at radius 2 is 1.47 bits per heavy atom. The van der Waals surface area contributed by atoms with Crippen molar-refractivity contribution in [2.45, 2.75) is 19.6 Å². The third-order valence-electron chi connectivity index (χ3n) is 6.64. The van der Waals surface area contributed by atoms with Crippen LogP contribution in [0.15, 0.2) is 35.3 Å². The molecule has 1 aliphatic rings. The minimum atomic E-state index is -0.132. The Morgan fingerprint density at radius 3 is 2.15 bits per heavy atom. The molecule has 1 aliphatic heterocycles. The largest absolute Gasteiger partial charge is 0.493 e. The fraction of sp³-hybridized carbons (Fsp3) is 0.360. The van der Waals surface area contributed by atoms with Crippen LogP contribution in [0.4, 0.5) is 0 Å². The third-order valence-corrected chi connectivity index (χ3v) is 6.64. The van der Waals surface area contributed by atoms with Crippen LogP contribution in [0.5, 0.6) is 23.0 Å². The second-order valence-electron chi connectivity index (χ2n) is 8.41. The van der Waals surface area contributed by atoms with E-state index >= 15 is 0 Å². The zero-order valence-electron chi connectivity index (χ0n) is 20.0.